The van der Waals surface area contributed by atoms with Gasteiger partial charge in [0.05, 0.1) is 23.2 Å². The Balaban J connectivity index is 1.50. The summed E-state index contributed by atoms with van der Waals surface area (Å²) in [6.07, 6.45) is 1.38. The molecule has 1 amide bonds. The van der Waals surface area contributed by atoms with Crippen molar-refractivity contribution in [1.82, 2.24) is 9.88 Å². The van der Waals surface area contributed by atoms with Crippen LogP contribution >= 0.6 is 11.6 Å². The zero-order valence-electron chi connectivity index (χ0n) is 22.1. The minimum Gasteiger partial charge on any atom is -0.495 e. The number of rotatable bonds is 3. The van der Waals surface area contributed by atoms with Crippen LogP contribution in [0.1, 0.15) is 26.3 Å². The molecule has 0 atom stereocenters. The molecule has 3 heterocycles. The van der Waals surface area contributed by atoms with Gasteiger partial charge in [0.1, 0.15) is 16.9 Å². The lowest BCUT2D eigenvalue weighted by molar-refractivity contribution is 0.0240. The van der Waals surface area contributed by atoms with Crippen LogP contribution in [0.15, 0.2) is 51.8 Å². The number of carbonyl (C=O) groups excluding carboxylic acids is 1. The quantitative estimate of drug-likeness (QED) is 0.296. The Morgan fingerprint density at radius 2 is 1.84 bits per heavy atom. The van der Waals surface area contributed by atoms with E-state index in [2.05, 4.69) is 9.88 Å². The summed E-state index contributed by atoms with van der Waals surface area (Å²) in [5.41, 5.74) is 3.66. The number of aromatic nitrogens is 1. The predicted molar refractivity (Wildman–Crippen MR) is 150 cm³/mol. The molecule has 4 aromatic rings. The van der Waals surface area contributed by atoms with Crippen LogP contribution in [0.25, 0.3) is 33.2 Å². The first-order chi connectivity index (χ1) is 18.1. The number of nitrogens with zero attached hydrogens (tertiary/aromatic N) is 3. The van der Waals surface area contributed by atoms with E-state index < -0.39 is 5.60 Å². The number of aryl methyl sites for hydroxylation is 1. The fourth-order valence-electron chi connectivity index (χ4n) is 4.79. The lowest BCUT2D eigenvalue weighted by Gasteiger charge is -2.37. The van der Waals surface area contributed by atoms with Gasteiger partial charge >= 0.3 is 6.09 Å². The highest BCUT2D eigenvalue weighted by Crippen LogP contribution is 2.38. The van der Waals surface area contributed by atoms with E-state index in [1.54, 1.807) is 36.4 Å². The Labute approximate surface area is 225 Å². The number of carbonyl (C=O) groups is 1. The van der Waals surface area contributed by atoms with E-state index in [4.69, 9.17) is 25.5 Å². The van der Waals surface area contributed by atoms with Crippen molar-refractivity contribution in [1.29, 1.82) is 0 Å². The number of benzene rings is 2. The number of ether oxygens (including phenoxy) is 2. The second-order valence-electron chi connectivity index (χ2n) is 10.4. The Hall–Kier alpha value is -3.78. The molecule has 2 aromatic carbocycles. The average Bonchev–Trinajstić information content (AvgIpc) is 2.87. The number of anilines is 1. The van der Waals surface area contributed by atoms with Crippen LogP contribution in [0.2, 0.25) is 5.02 Å². The number of pyridine rings is 1. The van der Waals surface area contributed by atoms with Gasteiger partial charge in [-0.05, 0) is 63.1 Å². The highest BCUT2D eigenvalue weighted by molar-refractivity contribution is 6.35. The van der Waals surface area contributed by atoms with Crippen LogP contribution in [0.4, 0.5) is 10.5 Å². The third-order valence-corrected chi connectivity index (χ3v) is 6.91. The number of halogens is 1. The van der Waals surface area contributed by atoms with Gasteiger partial charge in [-0.15, -0.1) is 0 Å². The molecule has 0 N–H and O–H groups in total. The lowest BCUT2D eigenvalue weighted by Crippen LogP contribution is -2.50. The highest BCUT2D eigenvalue weighted by Gasteiger charge is 2.27. The predicted octanol–water partition coefficient (Wildman–Crippen LogP) is 6.04. The van der Waals surface area contributed by atoms with Crippen LogP contribution in [0.3, 0.4) is 0 Å². The summed E-state index contributed by atoms with van der Waals surface area (Å²) >= 11 is 6.30. The molecule has 1 saturated heterocycles. The van der Waals surface area contributed by atoms with Crippen molar-refractivity contribution in [2.75, 3.05) is 38.2 Å². The summed E-state index contributed by atoms with van der Waals surface area (Å²) in [6, 6.07) is 11.1. The molecule has 0 saturated carbocycles. The van der Waals surface area contributed by atoms with Gasteiger partial charge in [0.2, 0.25) is 5.43 Å². The Morgan fingerprint density at radius 1 is 1.11 bits per heavy atom. The van der Waals surface area contributed by atoms with Gasteiger partial charge in [0, 0.05) is 37.9 Å². The smallest absolute Gasteiger partial charge is 0.410 e. The van der Waals surface area contributed by atoms with Crippen molar-refractivity contribution in [2.24, 2.45) is 0 Å². The summed E-state index contributed by atoms with van der Waals surface area (Å²) in [4.78, 5) is 34.0. The molecule has 0 aliphatic carbocycles. The molecule has 38 heavy (non-hydrogen) atoms. The highest BCUT2D eigenvalue weighted by atomic mass is 35.5. The largest absolute Gasteiger partial charge is 0.495 e. The molecule has 8 nitrogen and oxygen atoms in total. The van der Waals surface area contributed by atoms with Gasteiger partial charge in [-0.3, -0.25) is 4.79 Å². The summed E-state index contributed by atoms with van der Waals surface area (Å²) in [5.74, 6) is 0.684. The van der Waals surface area contributed by atoms with Crippen LogP contribution < -0.4 is 15.1 Å². The molecular weight excluding hydrogens is 506 g/mol. The van der Waals surface area contributed by atoms with Gasteiger partial charge in [0.25, 0.3) is 0 Å². The average molecular weight is 536 g/mol. The molecule has 5 rings (SSSR count). The first-order valence-corrected chi connectivity index (χ1v) is 12.9. The van der Waals surface area contributed by atoms with Gasteiger partial charge in [0.15, 0.2) is 11.1 Å². The number of fused-ring (bicyclic) bond motifs is 2. The normalized spacial score (nSPS) is 14.3. The van der Waals surface area contributed by atoms with Crippen LogP contribution in [-0.4, -0.2) is 54.9 Å². The summed E-state index contributed by atoms with van der Waals surface area (Å²) < 4.78 is 17.5. The number of methoxy groups -OCH3 is 1. The summed E-state index contributed by atoms with van der Waals surface area (Å²) in [6.45, 7) is 9.92. The third kappa shape index (κ3) is 4.76. The molecule has 0 radical (unpaired) electrons. The van der Waals surface area contributed by atoms with E-state index in [0.29, 0.717) is 53.5 Å². The molecule has 1 aliphatic rings. The molecule has 0 bridgehead atoms. The van der Waals surface area contributed by atoms with E-state index in [0.717, 1.165) is 22.4 Å². The van der Waals surface area contributed by atoms with Crippen molar-refractivity contribution in [3.8, 4) is 16.9 Å². The second-order valence-corrected chi connectivity index (χ2v) is 10.8. The molecule has 1 aliphatic heterocycles. The summed E-state index contributed by atoms with van der Waals surface area (Å²) in [7, 11) is 1.63. The van der Waals surface area contributed by atoms with Crippen LogP contribution in [-0.2, 0) is 4.74 Å². The SMILES string of the molecule is COc1cc(-c2c(C)cnc3c(=O)c4c(Cl)cccc4oc23)ccc1N1CCN(C(=O)OC(C)(C)C)CC1. The fourth-order valence-corrected chi connectivity index (χ4v) is 5.04. The molecule has 1 fully saturated rings. The minimum atomic E-state index is -0.528. The van der Waals surface area contributed by atoms with Gasteiger partial charge < -0.3 is 23.7 Å². The maximum atomic E-state index is 13.3. The number of amides is 1. The van der Waals surface area contributed by atoms with Crippen molar-refractivity contribution < 1.29 is 18.7 Å². The Morgan fingerprint density at radius 3 is 2.53 bits per heavy atom. The van der Waals surface area contributed by atoms with Crippen LogP contribution in [0.5, 0.6) is 5.75 Å². The first-order valence-electron chi connectivity index (χ1n) is 12.5. The minimum absolute atomic E-state index is 0.229. The van der Waals surface area contributed by atoms with Gasteiger partial charge in [-0.2, -0.15) is 0 Å². The fraction of sp³-hybridized carbons (Fsp3) is 0.345. The zero-order valence-corrected chi connectivity index (χ0v) is 22.9. The van der Waals surface area contributed by atoms with E-state index in [-0.39, 0.29) is 17.0 Å². The molecular formula is C29H30ClN3O5. The van der Waals surface area contributed by atoms with E-state index in [1.807, 2.05) is 45.9 Å². The van der Waals surface area contributed by atoms with E-state index in [1.165, 1.54) is 0 Å². The number of hydrogen-bond donors (Lipinski definition) is 0. The molecule has 198 valence electrons. The van der Waals surface area contributed by atoms with Gasteiger partial charge in [-0.1, -0.05) is 23.7 Å². The van der Waals surface area contributed by atoms with E-state index >= 15 is 0 Å². The summed E-state index contributed by atoms with van der Waals surface area (Å²) in [5, 5.41) is 0.655. The molecule has 2 aromatic heterocycles. The van der Waals surface area contributed by atoms with E-state index in [9.17, 15) is 9.59 Å². The van der Waals surface area contributed by atoms with Crippen molar-refractivity contribution >= 4 is 45.5 Å². The maximum absolute atomic E-state index is 13.3. The molecule has 9 heteroatoms. The Kier molecular flexibility index (Phi) is 6.69. The third-order valence-electron chi connectivity index (χ3n) is 6.59. The van der Waals surface area contributed by atoms with Crippen molar-refractivity contribution in [2.45, 2.75) is 33.3 Å². The lowest BCUT2D eigenvalue weighted by atomic mass is 9.99. The zero-order chi connectivity index (χ0) is 27.2. The van der Waals surface area contributed by atoms with Gasteiger partial charge in [-0.25, -0.2) is 9.78 Å². The monoisotopic (exact) mass is 535 g/mol. The topological polar surface area (TPSA) is 85.1 Å². The van der Waals surface area contributed by atoms with Crippen molar-refractivity contribution in [3.63, 3.8) is 0 Å². The Bertz CT molecular complexity index is 1600. The second kappa shape index (κ2) is 9.83. The molecule has 0 unspecified atom stereocenters. The molecule has 0 spiro atoms. The maximum Gasteiger partial charge on any atom is 0.410 e. The standard InChI is InChI=1S/C29H30ClN3O5/c1-17-16-31-25-26(34)24-19(30)7-6-8-21(24)37-27(25)23(17)18-9-10-20(22(15-18)36-5)32-11-13-33(14-12-32)28(35)38-29(2,3)4/h6-10,15-16H,11-14H2,1-5H3. The van der Waals surface area contributed by atoms with Crippen molar-refractivity contribution in [3.05, 3.63) is 63.4 Å². The first kappa shape index (κ1) is 25.9. The number of piperazine rings is 1. The number of hydrogen-bond acceptors (Lipinski definition) is 7. The van der Waals surface area contributed by atoms with Crippen LogP contribution in [0, 0.1) is 6.92 Å².